The lowest BCUT2D eigenvalue weighted by molar-refractivity contribution is 0.00446. The van der Waals surface area contributed by atoms with E-state index in [9.17, 15) is 23.7 Å². The second-order valence-electron chi connectivity index (χ2n) is 6.77. The number of hydrogen-bond donors (Lipinski definition) is 5. The van der Waals surface area contributed by atoms with Crippen LogP contribution in [0.15, 0.2) is 29.2 Å². The van der Waals surface area contributed by atoms with Crippen LogP contribution in [-0.4, -0.2) is 64.8 Å². The van der Waals surface area contributed by atoms with Crippen LogP contribution in [0.5, 0.6) is 0 Å². The minimum atomic E-state index is -3.58. The molecule has 6 N–H and O–H groups in total. The van der Waals surface area contributed by atoms with E-state index in [0.717, 1.165) is 6.26 Å². The van der Waals surface area contributed by atoms with Gasteiger partial charge in [0.15, 0.2) is 9.84 Å². The van der Waals surface area contributed by atoms with E-state index in [0.29, 0.717) is 0 Å². The fourth-order valence-corrected chi connectivity index (χ4v) is 4.59. The molecule has 4 atom stereocenters. The number of hydrogen-bond acceptors (Lipinski definition) is 9. The lowest BCUT2D eigenvalue weighted by atomic mass is 10.1. The van der Waals surface area contributed by atoms with E-state index in [2.05, 4.69) is 15.3 Å². The number of aromatic nitrogens is 2. The molecule has 152 valence electrons. The summed E-state index contributed by atoms with van der Waals surface area (Å²) in [5.41, 5.74) is 6.20. The summed E-state index contributed by atoms with van der Waals surface area (Å²) in [4.78, 5) is 8.08. The van der Waals surface area contributed by atoms with Gasteiger partial charge in [-0.05, 0) is 12.5 Å². The average Bonchev–Trinajstić information content (AvgIpc) is 2.88. The fraction of sp³-hybridized carbons (Fsp3) is 0.412. The quantitative estimate of drug-likeness (QED) is 0.422. The number of sulfone groups is 1. The van der Waals surface area contributed by atoms with E-state index in [1.807, 2.05) is 0 Å². The standard InChI is InChI=1S/C17H21ClN4O5S/c1-28(26,27)11-5-3-2-4-9(11)12-15(18)21-17(19)22-16(12)20-10-6-8(7-23)13(24)14(10)25/h2-5,8,10,13-14,23-25H,6-7H2,1H3,(H3,19,20,21,22)/t8-,10-,13-,14+/m1/s1. The zero-order valence-electron chi connectivity index (χ0n) is 14.9. The van der Waals surface area contributed by atoms with Gasteiger partial charge in [0.05, 0.1) is 22.6 Å². The molecular weight excluding hydrogens is 408 g/mol. The number of halogens is 1. The van der Waals surface area contributed by atoms with Crippen molar-refractivity contribution in [2.75, 3.05) is 23.9 Å². The van der Waals surface area contributed by atoms with Crippen molar-refractivity contribution in [3.05, 3.63) is 29.4 Å². The van der Waals surface area contributed by atoms with Crippen molar-refractivity contribution in [2.45, 2.75) is 29.6 Å². The van der Waals surface area contributed by atoms with Crippen molar-refractivity contribution in [1.29, 1.82) is 0 Å². The van der Waals surface area contributed by atoms with Crippen molar-refractivity contribution in [1.82, 2.24) is 9.97 Å². The summed E-state index contributed by atoms with van der Waals surface area (Å²) in [6, 6.07) is 5.59. The highest BCUT2D eigenvalue weighted by Crippen LogP contribution is 2.38. The number of aliphatic hydroxyl groups excluding tert-OH is 3. The van der Waals surface area contributed by atoms with Crippen LogP contribution in [0, 0.1) is 5.92 Å². The second-order valence-corrected chi connectivity index (χ2v) is 9.12. The smallest absolute Gasteiger partial charge is 0.223 e. The molecule has 0 saturated heterocycles. The normalized spacial score (nSPS) is 25.0. The van der Waals surface area contributed by atoms with Crippen LogP contribution in [0.2, 0.25) is 5.15 Å². The predicted octanol–water partition coefficient (Wildman–Crippen LogP) is 0.297. The minimum absolute atomic E-state index is 0.0357. The number of nitrogens with zero attached hydrogens (tertiary/aromatic N) is 2. The Morgan fingerprint density at radius 1 is 1.25 bits per heavy atom. The molecule has 1 fully saturated rings. The molecule has 9 nitrogen and oxygen atoms in total. The lowest BCUT2D eigenvalue weighted by Gasteiger charge is -2.21. The zero-order chi connectivity index (χ0) is 20.6. The Kier molecular flexibility index (Phi) is 5.78. The number of aliphatic hydroxyl groups is 3. The maximum absolute atomic E-state index is 12.2. The van der Waals surface area contributed by atoms with Gasteiger partial charge in [0.2, 0.25) is 5.95 Å². The second kappa shape index (κ2) is 7.80. The molecule has 1 aliphatic carbocycles. The number of nitrogen functional groups attached to an aromatic ring is 1. The molecule has 0 amide bonds. The van der Waals surface area contributed by atoms with Gasteiger partial charge in [-0.15, -0.1) is 0 Å². The highest BCUT2D eigenvalue weighted by molar-refractivity contribution is 7.90. The van der Waals surface area contributed by atoms with E-state index >= 15 is 0 Å². The molecule has 0 aliphatic heterocycles. The molecule has 2 aromatic rings. The number of anilines is 2. The van der Waals surface area contributed by atoms with Crippen LogP contribution in [0.4, 0.5) is 11.8 Å². The number of benzene rings is 1. The molecule has 0 bridgehead atoms. The van der Waals surface area contributed by atoms with Crippen LogP contribution in [0.25, 0.3) is 11.1 Å². The van der Waals surface area contributed by atoms with Crippen molar-refractivity contribution >= 4 is 33.2 Å². The van der Waals surface area contributed by atoms with Gasteiger partial charge in [-0.25, -0.2) is 13.4 Å². The maximum Gasteiger partial charge on any atom is 0.223 e. The topological polar surface area (TPSA) is 159 Å². The zero-order valence-corrected chi connectivity index (χ0v) is 16.5. The van der Waals surface area contributed by atoms with Gasteiger partial charge in [-0.3, -0.25) is 0 Å². The molecule has 1 aromatic carbocycles. The van der Waals surface area contributed by atoms with E-state index in [-0.39, 0.29) is 46.0 Å². The molecule has 28 heavy (non-hydrogen) atoms. The Bertz CT molecular complexity index is 988. The van der Waals surface area contributed by atoms with Gasteiger partial charge < -0.3 is 26.4 Å². The number of nitrogens with one attached hydrogen (secondary N) is 1. The molecule has 1 aliphatic rings. The molecule has 0 unspecified atom stereocenters. The Morgan fingerprint density at radius 3 is 2.54 bits per heavy atom. The summed E-state index contributed by atoms with van der Waals surface area (Å²) < 4.78 is 24.4. The third-order valence-electron chi connectivity index (χ3n) is 4.80. The van der Waals surface area contributed by atoms with Crippen molar-refractivity contribution in [2.24, 2.45) is 5.92 Å². The van der Waals surface area contributed by atoms with Gasteiger partial charge in [0.25, 0.3) is 0 Å². The van der Waals surface area contributed by atoms with Gasteiger partial charge in [0.1, 0.15) is 17.1 Å². The SMILES string of the molecule is CS(=O)(=O)c1ccccc1-c1c(Cl)nc(N)nc1N[C@@H]1C[C@H](CO)[C@@H](O)[C@H]1O. The van der Waals surface area contributed by atoms with Crippen LogP contribution in [-0.2, 0) is 9.84 Å². The Hall–Kier alpha value is -1.98. The average molecular weight is 429 g/mol. The van der Waals surface area contributed by atoms with E-state index in [1.165, 1.54) is 6.07 Å². The first-order valence-electron chi connectivity index (χ1n) is 8.49. The summed E-state index contributed by atoms with van der Waals surface area (Å²) in [5, 5.41) is 32.6. The third kappa shape index (κ3) is 3.91. The van der Waals surface area contributed by atoms with Gasteiger partial charge in [0, 0.05) is 24.3 Å². The number of nitrogens with two attached hydrogens (primary N) is 1. The van der Waals surface area contributed by atoms with Crippen LogP contribution < -0.4 is 11.1 Å². The maximum atomic E-state index is 12.2. The van der Waals surface area contributed by atoms with Crippen molar-refractivity contribution < 1.29 is 23.7 Å². The van der Waals surface area contributed by atoms with Crippen LogP contribution >= 0.6 is 11.6 Å². The highest BCUT2D eigenvalue weighted by atomic mass is 35.5. The Balaban J connectivity index is 2.11. The van der Waals surface area contributed by atoms with Gasteiger partial charge in [-0.1, -0.05) is 29.8 Å². The summed E-state index contributed by atoms with van der Waals surface area (Å²) in [6.45, 7) is -0.285. The monoisotopic (exact) mass is 428 g/mol. The fourth-order valence-electron chi connectivity index (χ4n) is 3.41. The first-order valence-corrected chi connectivity index (χ1v) is 10.8. The van der Waals surface area contributed by atoms with Gasteiger partial charge >= 0.3 is 0 Å². The molecule has 1 aromatic heterocycles. The largest absolute Gasteiger partial charge is 0.396 e. The van der Waals surface area contributed by atoms with E-state index < -0.39 is 34.0 Å². The third-order valence-corrected chi connectivity index (χ3v) is 6.22. The molecule has 3 rings (SSSR count). The number of rotatable bonds is 5. The summed E-state index contributed by atoms with van der Waals surface area (Å²) in [5.74, 6) is -0.516. The van der Waals surface area contributed by atoms with Crippen molar-refractivity contribution in [3.8, 4) is 11.1 Å². The van der Waals surface area contributed by atoms with E-state index in [4.69, 9.17) is 17.3 Å². The Morgan fingerprint density at radius 2 is 1.93 bits per heavy atom. The molecular formula is C17H21ClN4O5S. The minimum Gasteiger partial charge on any atom is -0.396 e. The summed E-state index contributed by atoms with van der Waals surface area (Å²) in [7, 11) is -3.58. The first-order chi connectivity index (χ1) is 13.1. The molecule has 1 heterocycles. The first kappa shape index (κ1) is 20.7. The van der Waals surface area contributed by atoms with Gasteiger partial charge in [-0.2, -0.15) is 4.98 Å². The van der Waals surface area contributed by atoms with Crippen LogP contribution in [0.3, 0.4) is 0 Å². The Labute approximate surface area is 167 Å². The van der Waals surface area contributed by atoms with Crippen LogP contribution in [0.1, 0.15) is 6.42 Å². The molecule has 1 saturated carbocycles. The highest BCUT2D eigenvalue weighted by Gasteiger charge is 2.41. The molecule has 11 heteroatoms. The summed E-state index contributed by atoms with van der Waals surface area (Å²) >= 11 is 6.28. The van der Waals surface area contributed by atoms with Crippen molar-refractivity contribution in [3.63, 3.8) is 0 Å². The van der Waals surface area contributed by atoms with E-state index in [1.54, 1.807) is 18.2 Å². The lowest BCUT2D eigenvalue weighted by Crippen LogP contribution is -2.35. The molecule has 0 spiro atoms. The molecule has 0 radical (unpaired) electrons. The predicted molar refractivity (Wildman–Crippen MR) is 105 cm³/mol. The summed E-state index contributed by atoms with van der Waals surface area (Å²) in [6.07, 6.45) is -0.921.